The number of carbonyl (C=O) groups excluding carboxylic acids is 2. The maximum absolute atomic E-state index is 12.0. The minimum absolute atomic E-state index is 0.152. The first-order chi connectivity index (χ1) is 15.5. The number of hydrogen-bond donors (Lipinski definition) is 1. The third-order valence-corrected chi connectivity index (χ3v) is 6.87. The Balaban J connectivity index is 1.27. The van der Waals surface area contributed by atoms with Crippen LogP contribution in [-0.4, -0.2) is 55.7 Å². The molecule has 1 unspecified atom stereocenters. The fourth-order valence-corrected chi connectivity index (χ4v) is 5.25. The molecule has 4 atom stereocenters. The Morgan fingerprint density at radius 1 is 1.19 bits per heavy atom. The lowest BCUT2D eigenvalue weighted by Crippen LogP contribution is -2.49. The van der Waals surface area contributed by atoms with Crippen molar-refractivity contribution in [2.24, 2.45) is 11.8 Å². The molecule has 0 radical (unpaired) electrons. The first-order valence-electron chi connectivity index (χ1n) is 10.9. The zero-order valence-corrected chi connectivity index (χ0v) is 17.9. The van der Waals surface area contributed by atoms with Crippen LogP contribution < -0.4 is 15.1 Å². The molecular formula is C24H25N5O3. The summed E-state index contributed by atoms with van der Waals surface area (Å²) in [6, 6.07) is 16.5. The Hall–Kier alpha value is -3.60. The van der Waals surface area contributed by atoms with Gasteiger partial charge in [0.2, 0.25) is 5.91 Å². The molecule has 1 amide bonds. The van der Waals surface area contributed by atoms with Crippen molar-refractivity contribution in [2.75, 3.05) is 42.5 Å². The highest BCUT2D eigenvalue weighted by Crippen LogP contribution is 2.63. The second kappa shape index (κ2) is 7.83. The third-order valence-electron chi connectivity index (χ3n) is 6.87. The summed E-state index contributed by atoms with van der Waals surface area (Å²) in [6.45, 7) is 4.08. The van der Waals surface area contributed by atoms with Crippen molar-refractivity contribution >= 4 is 23.4 Å². The Labute approximate surface area is 186 Å². The molecule has 2 aromatic rings. The molecule has 8 nitrogen and oxygen atoms in total. The highest BCUT2D eigenvalue weighted by atomic mass is 16.5. The molecular weight excluding hydrogens is 406 g/mol. The number of carbonyl (C=O) groups is 2. The van der Waals surface area contributed by atoms with E-state index < -0.39 is 5.41 Å². The van der Waals surface area contributed by atoms with Crippen molar-refractivity contribution in [3.63, 3.8) is 0 Å². The molecule has 3 aliphatic rings. The van der Waals surface area contributed by atoms with E-state index in [0.717, 1.165) is 30.2 Å². The Morgan fingerprint density at radius 3 is 2.56 bits per heavy atom. The van der Waals surface area contributed by atoms with E-state index in [2.05, 4.69) is 21.3 Å². The highest BCUT2D eigenvalue weighted by Gasteiger charge is 2.70. The van der Waals surface area contributed by atoms with E-state index in [0.29, 0.717) is 24.9 Å². The summed E-state index contributed by atoms with van der Waals surface area (Å²) in [5, 5.41) is 12.8. The van der Waals surface area contributed by atoms with E-state index in [1.54, 1.807) is 6.20 Å². The van der Waals surface area contributed by atoms with Crippen molar-refractivity contribution in [3.8, 4) is 6.07 Å². The van der Waals surface area contributed by atoms with Gasteiger partial charge in [-0.15, -0.1) is 0 Å². The topological polar surface area (TPSA) is 98.6 Å². The smallest absolute Gasteiger partial charge is 0.325 e. The maximum Gasteiger partial charge on any atom is 0.325 e. The molecule has 164 valence electrons. The fraction of sp³-hybridized carbons (Fsp3) is 0.417. The summed E-state index contributed by atoms with van der Waals surface area (Å²) < 4.78 is 5.34. The van der Waals surface area contributed by atoms with Gasteiger partial charge in [-0.1, -0.05) is 18.2 Å². The van der Waals surface area contributed by atoms with Crippen molar-refractivity contribution in [3.05, 3.63) is 54.2 Å². The number of cyclic esters (lactones) is 1. The predicted molar refractivity (Wildman–Crippen MR) is 118 cm³/mol. The molecule has 3 heterocycles. The molecule has 1 aromatic heterocycles. The van der Waals surface area contributed by atoms with Crippen LogP contribution in [0.2, 0.25) is 0 Å². The summed E-state index contributed by atoms with van der Waals surface area (Å²) in [7, 11) is 0. The molecule has 0 spiro atoms. The minimum Gasteiger partial charge on any atom is -0.457 e. The molecule has 2 saturated heterocycles. The number of ether oxygens (including phenoxy) is 1. The first kappa shape index (κ1) is 20.3. The molecule has 1 N–H and O–H groups in total. The number of piperidine rings is 1. The lowest BCUT2D eigenvalue weighted by Gasteiger charge is -2.33. The van der Waals surface area contributed by atoms with E-state index >= 15 is 0 Å². The van der Waals surface area contributed by atoms with Crippen LogP contribution in [-0.2, 0) is 19.7 Å². The first-order valence-corrected chi connectivity index (χ1v) is 10.9. The fourth-order valence-electron chi connectivity index (χ4n) is 5.25. The van der Waals surface area contributed by atoms with Crippen LogP contribution >= 0.6 is 0 Å². The summed E-state index contributed by atoms with van der Waals surface area (Å²) >= 11 is 0. The van der Waals surface area contributed by atoms with Gasteiger partial charge in [-0.25, -0.2) is 4.98 Å². The van der Waals surface area contributed by atoms with Crippen molar-refractivity contribution in [1.82, 2.24) is 10.3 Å². The number of hydrogen-bond acceptors (Lipinski definition) is 7. The molecule has 1 aliphatic carbocycles. The number of benzene rings is 1. The van der Waals surface area contributed by atoms with Gasteiger partial charge >= 0.3 is 5.97 Å². The van der Waals surface area contributed by atoms with Gasteiger partial charge in [-0.3, -0.25) is 9.59 Å². The Kier molecular flexibility index (Phi) is 4.97. The molecule has 1 saturated carbocycles. The van der Waals surface area contributed by atoms with Gasteiger partial charge in [0.05, 0.1) is 24.6 Å². The highest BCUT2D eigenvalue weighted by molar-refractivity contribution is 5.78. The van der Waals surface area contributed by atoms with E-state index in [1.165, 1.54) is 6.92 Å². The quantitative estimate of drug-likeness (QED) is 0.716. The van der Waals surface area contributed by atoms with Gasteiger partial charge in [0, 0.05) is 43.7 Å². The average molecular weight is 431 g/mol. The van der Waals surface area contributed by atoms with E-state index in [1.807, 2.05) is 47.4 Å². The number of esters is 1. The Morgan fingerprint density at radius 2 is 1.94 bits per heavy atom. The summed E-state index contributed by atoms with van der Waals surface area (Å²) in [5.41, 5.74) is 1.50. The molecule has 8 heteroatoms. The number of nitrogens with zero attached hydrogens (tertiary/aromatic N) is 4. The number of nitriles is 1. The van der Waals surface area contributed by atoms with Gasteiger partial charge in [0.15, 0.2) is 0 Å². The number of fused-ring (bicyclic) bond motifs is 1. The molecule has 5 rings (SSSR count). The minimum atomic E-state index is -0.446. The van der Waals surface area contributed by atoms with Crippen LogP contribution in [0.4, 0.5) is 11.5 Å². The van der Waals surface area contributed by atoms with Crippen molar-refractivity contribution in [1.29, 1.82) is 5.26 Å². The van der Waals surface area contributed by atoms with Crippen LogP contribution in [0.1, 0.15) is 12.5 Å². The molecule has 2 aliphatic heterocycles. The molecule has 0 bridgehead atoms. The van der Waals surface area contributed by atoms with Crippen LogP contribution in [0, 0.1) is 23.2 Å². The van der Waals surface area contributed by atoms with Crippen LogP contribution in [0.25, 0.3) is 0 Å². The summed E-state index contributed by atoms with van der Waals surface area (Å²) in [6.07, 6.45) is 1.41. The van der Waals surface area contributed by atoms with Crippen LogP contribution in [0.15, 0.2) is 48.7 Å². The zero-order valence-electron chi connectivity index (χ0n) is 17.9. The normalized spacial score (nSPS) is 28.5. The number of anilines is 2. The van der Waals surface area contributed by atoms with E-state index in [-0.39, 0.29) is 24.5 Å². The van der Waals surface area contributed by atoms with Crippen molar-refractivity contribution in [2.45, 2.75) is 18.4 Å². The second-order valence-electron chi connectivity index (χ2n) is 8.76. The lowest BCUT2D eigenvalue weighted by atomic mass is 9.91. The average Bonchev–Trinajstić information content (AvgIpc) is 3.18. The van der Waals surface area contributed by atoms with Crippen LogP contribution in [0.3, 0.4) is 0 Å². The number of pyridine rings is 1. The largest absolute Gasteiger partial charge is 0.457 e. The Bertz CT molecular complexity index is 1050. The van der Waals surface area contributed by atoms with Gasteiger partial charge in [0.25, 0.3) is 0 Å². The van der Waals surface area contributed by atoms with Gasteiger partial charge < -0.3 is 19.9 Å². The maximum atomic E-state index is 12.0. The van der Waals surface area contributed by atoms with Crippen LogP contribution in [0.5, 0.6) is 0 Å². The van der Waals surface area contributed by atoms with E-state index in [4.69, 9.17) is 4.74 Å². The third kappa shape index (κ3) is 3.44. The molecule has 1 aromatic carbocycles. The summed E-state index contributed by atoms with van der Waals surface area (Å²) in [5.74, 6) is 1.10. The van der Waals surface area contributed by atoms with Crippen molar-refractivity contribution < 1.29 is 14.3 Å². The van der Waals surface area contributed by atoms with E-state index in [9.17, 15) is 14.9 Å². The lowest BCUT2D eigenvalue weighted by molar-refractivity contribution is -0.150. The predicted octanol–water partition coefficient (Wildman–Crippen LogP) is 1.48. The second-order valence-corrected chi connectivity index (χ2v) is 8.76. The molecule has 32 heavy (non-hydrogen) atoms. The monoisotopic (exact) mass is 431 g/mol. The summed E-state index contributed by atoms with van der Waals surface area (Å²) in [4.78, 5) is 31.9. The molecule has 3 fully saturated rings. The zero-order chi connectivity index (χ0) is 22.3. The number of amides is 1. The standard InChI is InChI=1S/C24H25N5O3/c1-16(30)27-10-19-11-28(14-23(31)32-19)18-7-5-17(6-8-18)24(15-25)20-12-29(13-21(20)24)22-4-2-3-9-26-22/h2-9,19-21H,10-14H2,1H3,(H,27,30)/t19-,20-,21+,24?/m0/s1. The van der Waals surface area contributed by atoms with Gasteiger partial charge in [-0.05, 0) is 29.8 Å². The van der Waals surface area contributed by atoms with Gasteiger partial charge in [-0.2, -0.15) is 5.26 Å². The number of morpholine rings is 1. The number of aromatic nitrogens is 1. The SMILES string of the molecule is CC(=O)NC[C@H]1CN(c2ccc(C3(C#N)[C@@H]4CN(c5ccccn5)C[C@@H]43)cc2)CC(=O)O1. The number of nitrogens with one attached hydrogen (secondary N) is 1. The van der Waals surface area contributed by atoms with Gasteiger partial charge in [0.1, 0.15) is 18.5 Å². The number of rotatable bonds is 5.